The van der Waals surface area contributed by atoms with Crippen LogP contribution in [0.2, 0.25) is 0 Å². The maximum absolute atomic E-state index is 14.1. The molecular formula is C19H14FNO3S. The van der Waals surface area contributed by atoms with Crippen LogP contribution in [-0.2, 0) is 10.0 Å². The summed E-state index contributed by atoms with van der Waals surface area (Å²) in [5.74, 6) is -1.73. The van der Waals surface area contributed by atoms with Crippen molar-refractivity contribution in [3.8, 4) is 0 Å². The number of hydrogen-bond donors (Lipinski definition) is 0. The number of sulfonamides is 1. The van der Waals surface area contributed by atoms with Gasteiger partial charge in [-0.2, -0.15) is 4.31 Å². The summed E-state index contributed by atoms with van der Waals surface area (Å²) < 4.78 is 40.8. The minimum atomic E-state index is -4.20. The summed E-state index contributed by atoms with van der Waals surface area (Å²) in [5, 5.41) is 0. The predicted octanol–water partition coefficient (Wildman–Crippen LogP) is 3.86. The molecule has 0 saturated carbocycles. The van der Waals surface area contributed by atoms with Gasteiger partial charge in [0, 0.05) is 0 Å². The van der Waals surface area contributed by atoms with Crippen molar-refractivity contribution in [2.24, 2.45) is 0 Å². The maximum Gasteiger partial charge on any atom is 0.275 e. The number of amides is 1. The van der Waals surface area contributed by atoms with Gasteiger partial charge in [-0.05, 0) is 36.4 Å². The van der Waals surface area contributed by atoms with E-state index in [2.05, 4.69) is 0 Å². The van der Waals surface area contributed by atoms with Crippen LogP contribution in [0.3, 0.4) is 0 Å². The zero-order chi connectivity index (χ0) is 17.9. The number of carbonyl (C=O) groups is 1. The zero-order valence-corrected chi connectivity index (χ0v) is 13.9. The molecule has 0 saturated heterocycles. The molecule has 0 heterocycles. The van der Waals surface area contributed by atoms with Crippen molar-refractivity contribution < 1.29 is 17.6 Å². The van der Waals surface area contributed by atoms with E-state index in [1.807, 2.05) is 0 Å². The van der Waals surface area contributed by atoms with Gasteiger partial charge in [0.15, 0.2) is 0 Å². The number of benzene rings is 3. The molecule has 1 amide bonds. The Balaban J connectivity index is 2.18. The SMILES string of the molecule is O=C(c1ccccc1F)N(c1ccccc1)S(=O)(=O)c1ccccc1. The summed E-state index contributed by atoms with van der Waals surface area (Å²) in [7, 11) is -4.20. The Labute approximate surface area is 145 Å². The summed E-state index contributed by atoms with van der Waals surface area (Å²) >= 11 is 0. The Morgan fingerprint density at radius 3 is 1.88 bits per heavy atom. The summed E-state index contributed by atoms with van der Waals surface area (Å²) in [6.07, 6.45) is 0. The van der Waals surface area contributed by atoms with E-state index in [1.165, 1.54) is 42.5 Å². The van der Waals surface area contributed by atoms with Gasteiger partial charge < -0.3 is 0 Å². The van der Waals surface area contributed by atoms with Crippen LogP contribution >= 0.6 is 0 Å². The third-order valence-corrected chi connectivity index (χ3v) is 5.29. The van der Waals surface area contributed by atoms with Gasteiger partial charge in [-0.1, -0.05) is 48.5 Å². The topological polar surface area (TPSA) is 54.5 Å². The van der Waals surface area contributed by atoms with Crippen LogP contribution in [0.15, 0.2) is 89.8 Å². The molecule has 0 aromatic heterocycles. The lowest BCUT2D eigenvalue weighted by Gasteiger charge is -2.23. The minimum Gasteiger partial charge on any atom is -0.267 e. The van der Waals surface area contributed by atoms with E-state index < -0.39 is 21.7 Å². The Kier molecular flexibility index (Phi) is 4.63. The van der Waals surface area contributed by atoms with Crippen molar-refractivity contribution in [3.05, 3.63) is 96.3 Å². The maximum atomic E-state index is 14.1. The van der Waals surface area contributed by atoms with Gasteiger partial charge in [0.25, 0.3) is 15.9 Å². The number of halogens is 1. The molecule has 0 radical (unpaired) electrons. The molecule has 0 bridgehead atoms. The predicted molar refractivity (Wildman–Crippen MR) is 93.3 cm³/mol. The summed E-state index contributed by atoms with van der Waals surface area (Å²) in [6.45, 7) is 0. The van der Waals surface area contributed by atoms with Gasteiger partial charge >= 0.3 is 0 Å². The highest BCUT2D eigenvalue weighted by atomic mass is 32.2. The van der Waals surface area contributed by atoms with Crippen LogP contribution in [0.4, 0.5) is 10.1 Å². The van der Waals surface area contributed by atoms with Crippen LogP contribution < -0.4 is 4.31 Å². The monoisotopic (exact) mass is 355 g/mol. The molecule has 3 aromatic carbocycles. The van der Waals surface area contributed by atoms with Crippen LogP contribution in [0.5, 0.6) is 0 Å². The highest BCUT2D eigenvalue weighted by molar-refractivity contribution is 7.93. The summed E-state index contributed by atoms with van der Waals surface area (Å²) in [4.78, 5) is 12.8. The Bertz CT molecular complexity index is 989. The van der Waals surface area contributed by atoms with Crippen molar-refractivity contribution in [2.75, 3.05) is 4.31 Å². The van der Waals surface area contributed by atoms with E-state index in [-0.39, 0.29) is 16.1 Å². The molecular weight excluding hydrogens is 341 g/mol. The fraction of sp³-hybridized carbons (Fsp3) is 0. The van der Waals surface area contributed by atoms with Crippen molar-refractivity contribution in [1.82, 2.24) is 0 Å². The van der Waals surface area contributed by atoms with Gasteiger partial charge in [0.05, 0.1) is 16.1 Å². The van der Waals surface area contributed by atoms with Crippen molar-refractivity contribution in [1.29, 1.82) is 0 Å². The highest BCUT2D eigenvalue weighted by Gasteiger charge is 2.32. The van der Waals surface area contributed by atoms with E-state index in [9.17, 15) is 17.6 Å². The van der Waals surface area contributed by atoms with Gasteiger partial charge in [0.1, 0.15) is 5.82 Å². The van der Waals surface area contributed by atoms with E-state index in [1.54, 1.807) is 36.4 Å². The second-order valence-corrected chi connectivity index (χ2v) is 6.99. The zero-order valence-electron chi connectivity index (χ0n) is 13.0. The lowest BCUT2D eigenvalue weighted by atomic mass is 10.2. The number of rotatable bonds is 4. The number of para-hydroxylation sites is 1. The van der Waals surface area contributed by atoms with Crippen molar-refractivity contribution >= 4 is 21.6 Å². The molecule has 6 heteroatoms. The molecule has 0 unspecified atom stereocenters. The van der Waals surface area contributed by atoms with Crippen molar-refractivity contribution in [3.63, 3.8) is 0 Å². The Morgan fingerprint density at radius 2 is 1.28 bits per heavy atom. The highest BCUT2D eigenvalue weighted by Crippen LogP contribution is 2.26. The molecule has 0 aliphatic rings. The Morgan fingerprint density at radius 1 is 0.760 bits per heavy atom. The van der Waals surface area contributed by atoms with Crippen molar-refractivity contribution in [2.45, 2.75) is 4.90 Å². The normalized spacial score (nSPS) is 11.1. The summed E-state index contributed by atoms with van der Waals surface area (Å²) in [6, 6.07) is 20.7. The van der Waals surface area contributed by atoms with Crippen LogP contribution in [0, 0.1) is 5.82 Å². The molecule has 0 atom stereocenters. The lowest BCUT2D eigenvalue weighted by Crippen LogP contribution is -2.37. The van der Waals surface area contributed by atoms with E-state index in [0.29, 0.717) is 4.31 Å². The standard InChI is InChI=1S/C19H14FNO3S/c20-18-14-8-7-13-17(18)19(22)21(15-9-3-1-4-10-15)25(23,24)16-11-5-2-6-12-16/h1-14H. The van der Waals surface area contributed by atoms with Gasteiger partial charge in [-0.3, -0.25) is 4.79 Å². The molecule has 0 N–H and O–H groups in total. The van der Waals surface area contributed by atoms with Crippen LogP contribution in [0.25, 0.3) is 0 Å². The van der Waals surface area contributed by atoms with E-state index in [0.717, 1.165) is 6.07 Å². The average Bonchev–Trinajstić information content (AvgIpc) is 2.63. The van der Waals surface area contributed by atoms with Crippen LogP contribution in [-0.4, -0.2) is 14.3 Å². The van der Waals surface area contributed by atoms with E-state index >= 15 is 0 Å². The third kappa shape index (κ3) is 3.29. The first kappa shape index (κ1) is 16.9. The van der Waals surface area contributed by atoms with Gasteiger partial charge in [-0.25, -0.2) is 12.8 Å². The number of anilines is 1. The fourth-order valence-corrected chi connectivity index (χ4v) is 3.80. The van der Waals surface area contributed by atoms with Gasteiger partial charge in [-0.15, -0.1) is 0 Å². The largest absolute Gasteiger partial charge is 0.275 e. The quantitative estimate of drug-likeness (QED) is 0.714. The number of nitrogens with zero attached hydrogens (tertiary/aromatic N) is 1. The molecule has 0 spiro atoms. The molecule has 3 aromatic rings. The molecule has 25 heavy (non-hydrogen) atoms. The number of hydrogen-bond acceptors (Lipinski definition) is 3. The van der Waals surface area contributed by atoms with E-state index in [4.69, 9.17) is 0 Å². The first-order chi connectivity index (χ1) is 12.0. The first-order valence-corrected chi connectivity index (χ1v) is 8.90. The molecule has 0 aliphatic carbocycles. The molecule has 3 rings (SSSR count). The number of carbonyl (C=O) groups excluding carboxylic acids is 1. The first-order valence-electron chi connectivity index (χ1n) is 7.46. The second-order valence-electron chi connectivity index (χ2n) is 5.20. The molecule has 4 nitrogen and oxygen atoms in total. The Hall–Kier alpha value is -2.99. The van der Waals surface area contributed by atoms with Gasteiger partial charge in [0.2, 0.25) is 0 Å². The smallest absolute Gasteiger partial charge is 0.267 e. The second kappa shape index (κ2) is 6.86. The molecule has 126 valence electrons. The molecule has 0 aliphatic heterocycles. The minimum absolute atomic E-state index is 0.0523. The molecule has 0 fully saturated rings. The third-order valence-electron chi connectivity index (χ3n) is 3.56. The average molecular weight is 355 g/mol. The van der Waals surface area contributed by atoms with Crippen LogP contribution in [0.1, 0.15) is 10.4 Å². The fourth-order valence-electron chi connectivity index (χ4n) is 2.37. The summed E-state index contributed by atoms with van der Waals surface area (Å²) in [5.41, 5.74) is -0.175. The lowest BCUT2D eigenvalue weighted by molar-refractivity contribution is 0.100.